The minimum Gasteiger partial charge on any atom is -0.303 e. The van der Waals surface area contributed by atoms with Crippen LogP contribution in [0.15, 0.2) is 0 Å². The van der Waals surface area contributed by atoms with Crippen molar-refractivity contribution in [2.75, 3.05) is 0 Å². The number of rotatable bonds is 6. The minimum atomic E-state index is -7.20. The van der Waals surface area contributed by atoms with Crippen LogP contribution >= 0.6 is 11.6 Å². The molecule has 0 N–H and O–H groups in total. The molecular formula is C7H3ClF10O. The Bertz CT molecular complexity index is 346. The maximum Gasteiger partial charge on any atom is 0.393 e. The average molecular weight is 329 g/mol. The summed E-state index contributed by atoms with van der Waals surface area (Å²) in [4.78, 5) is 9.62. The highest BCUT2D eigenvalue weighted by Gasteiger charge is 2.85. The lowest BCUT2D eigenvalue weighted by Crippen LogP contribution is -2.66. The average Bonchev–Trinajstić information content (AvgIpc) is 2.14. The van der Waals surface area contributed by atoms with E-state index >= 15 is 0 Å². The lowest BCUT2D eigenvalue weighted by Gasteiger charge is -2.37. The SMILES string of the molecule is O=CCC(F)(F)C(F)(F)C(F)(F)C(F)(F)C(F)(F)Cl. The lowest BCUT2D eigenvalue weighted by atomic mass is 9.97. The molecule has 0 aliphatic rings. The van der Waals surface area contributed by atoms with E-state index in [0.717, 1.165) is 0 Å². The highest BCUT2D eigenvalue weighted by molar-refractivity contribution is 6.22. The molecule has 12 heteroatoms. The molecular weight excluding hydrogens is 326 g/mol. The van der Waals surface area contributed by atoms with Crippen LogP contribution in [0.2, 0.25) is 0 Å². The third-order valence-corrected chi connectivity index (χ3v) is 2.18. The zero-order valence-electron chi connectivity index (χ0n) is 8.35. The molecule has 0 atom stereocenters. The van der Waals surface area contributed by atoms with E-state index < -0.39 is 41.8 Å². The molecule has 0 radical (unpaired) electrons. The monoisotopic (exact) mass is 328 g/mol. The molecule has 0 rings (SSSR count). The lowest BCUT2D eigenvalue weighted by molar-refractivity contribution is -0.388. The van der Waals surface area contributed by atoms with Gasteiger partial charge in [-0.1, -0.05) is 0 Å². The van der Waals surface area contributed by atoms with Crippen LogP contribution in [0.5, 0.6) is 0 Å². The van der Waals surface area contributed by atoms with E-state index in [2.05, 4.69) is 11.6 Å². The van der Waals surface area contributed by atoms with Gasteiger partial charge in [-0.2, -0.15) is 43.9 Å². The fourth-order valence-corrected chi connectivity index (χ4v) is 0.956. The molecule has 0 aliphatic heterocycles. The van der Waals surface area contributed by atoms with Crippen LogP contribution in [0.3, 0.4) is 0 Å². The molecule has 0 bridgehead atoms. The zero-order chi connectivity index (χ0) is 15.9. The Kier molecular flexibility index (Phi) is 4.49. The number of halogens is 11. The maximum absolute atomic E-state index is 12.7. The van der Waals surface area contributed by atoms with Gasteiger partial charge in [-0.25, -0.2) is 0 Å². The largest absolute Gasteiger partial charge is 0.393 e. The first-order valence-electron chi connectivity index (χ1n) is 4.08. The Morgan fingerprint density at radius 1 is 0.737 bits per heavy atom. The van der Waals surface area contributed by atoms with Crippen LogP contribution in [-0.2, 0) is 4.79 Å². The summed E-state index contributed by atoms with van der Waals surface area (Å²) in [6.07, 6.45) is -3.53. The third-order valence-electron chi connectivity index (χ3n) is 1.94. The number of carbonyl (C=O) groups excluding carboxylic acids is 1. The molecule has 0 saturated heterocycles. The molecule has 0 spiro atoms. The molecule has 114 valence electrons. The number of alkyl halides is 11. The second-order valence-corrected chi connectivity index (χ2v) is 3.77. The molecule has 0 fully saturated rings. The quantitative estimate of drug-likeness (QED) is 0.410. The summed E-state index contributed by atoms with van der Waals surface area (Å²) >= 11 is 3.53. The Balaban J connectivity index is 5.83. The second-order valence-electron chi connectivity index (χ2n) is 3.30. The van der Waals surface area contributed by atoms with E-state index in [4.69, 9.17) is 0 Å². The molecule has 0 aromatic rings. The summed E-state index contributed by atoms with van der Waals surface area (Å²) < 4.78 is 125. The van der Waals surface area contributed by atoms with Crippen molar-refractivity contribution < 1.29 is 48.7 Å². The van der Waals surface area contributed by atoms with Crippen molar-refractivity contribution in [1.29, 1.82) is 0 Å². The summed E-state index contributed by atoms with van der Waals surface area (Å²) in [7, 11) is 0. The van der Waals surface area contributed by atoms with Gasteiger partial charge in [0.2, 0.25) is 0 Å². The van der Waals surface area contributed by atoms with Crippen molar-refractivity contribution in [1.82, 2.24) is 0 Å². The van der Waals surface area contributed by atoms with E-state index in [-0.39, 0.29) is 0 Å². The standard InChI is InChI=1S/C7H3ClF10O/c8-7(17,18)6(15,16)5(13,14)4(11,12)3(9,10)1-2-19/h2H,1H2. The molecule has 0 aliphatic carbocycles. The Morgan fingerprint density at radius 3 is 1.37 bits per heavy atom. The smallest absolute Gasteiger partial charge is 0.303 e. The number of carbonyl (C=O) groups is 1. The molecule has 19 heavy (non-hydrogen) atoms. The number of hydrogen-bond acceptors (Lipinski definition) is 1. The molecule has 0 heterocycles. The van der Waals surface area contributed by atoms with Crippen LogP contribution in [0.1, 0.15) is 6.42 Å². The summed E-state index contributed by atoms with van der Waals surface area (Å²) in [5.74, 6) is -27.1. The van der Waals surface area contributed by atoms with E-state index in [9.17, 15) is 48.7 Å². The van der Waals surface area contributed by atoms with Crippen molar-refractivity contribution in [2.24, 2.45) is 0 Å². The van der Waals surface area contributed by atoms with Crippen LogP contribution in [-0.4, -0.2) is 35.4 Å². The molecule has 1 nitrogen and oxygen atoms in total. The van der Waals surface area contributed by atoms with Gasteiger partial charge in [-0.15, -0.1) is 0 Å². The molecule has 0 amide bonds. The van der Waals surface area contributed by atoms with Gasteiger partial charge in [-0.3, -0.25) is 0 Å². The van der Waals surface area contributed by atoms with Gasteiger partial charge in [0.05, 0.1) is 6.42 Å². The first-order chi connectivity index (χ1) is 8.06. The van der Waals surface area contributed by atoms with E-state index in [0.29, 0.717) is 0 Å². The van der Waals surface area contributed by atoms with Crippen molar-refractivity contribution in [3.05, 3.63) is 0 Å². The highest BCUT2D eigenvalue weighted by Crippen LogP contribution is 2.58. The van der Waals surface area contributed by atoms with Crippen molar-refractivity contribution in [2.45, 2.75) is 35.5 Å². The highest BCUT2D eigenvalue weighted by atomic mass is 35.5. The second kappa shape index (κ2) is 4.67. The predicted molar refractivity (Wildman–Crippen MR) is 41.3 cm³/mol. The number of hydrogen-bond donors (Lipinski definition) is 0. The van der Waals surface area contributed by atoms with Gasteiger partial charge in [0.15, 0.2) is 0 Å². The van der Waals surface area contributed by atoms with Crippen LogP contribution in [0, 0.1) is 0 Å². The van der Waals surface area contributed by atoms with Crippen LogP contribution in [0.4, 0.5) is 43.9 Å². The molecule has 0 saturated carbocycles. The first-order valence-corrected chi connectivity index (χ1v) is 4.45. The Labute approximate surface area is 103 Å². The van der Waals surface area contributed by atoms with E-state index in [1.807, 2.05) is 0 Å². The van der Waals surface area contributed by atoms with Crippen LogP contribution < -0.4 is 0 Å². The Hall–Kier alpha value is -0.740. The molecule has 0 aromatic heterocycles. The topological polar surface area (TPSA) is 17.1 Å². The summed E-state index contributed by atoms with van der Waals surface area (Å²) in [5, 5.41) is -6.21. The minimum absolute atomic E-state index is 0.957. The normalized spacial score (nSPS) is 15.5. The van der Waals surface area contributed by atoms with Crippen molar-refractivity contribution >= 4 is 17.9 Å². The van der Waals surface area contributed by atoms with Gasteiger partial charge in [0, 0.05) is 0 Å². The van der Waals surface area contributed by atoms with Gasteiger partial charge in [-0.05, 0) is 11.6 Å². The molecule has 0 unspecified atom stereocenters. The van der Waals surface area contributed by atoms with Gasteiger partial charge >= 0.3 is 29.1 Å². The van der Waals surface area contributed by atoms with E-state index in [1.165, 1.54) is 0 Å². The van der Waals surface area contributed by atoms with Gasteiger partial charge in [0.25, 0.3) is 0 Å². The number of aldehydes is 1. The summed E-state index contributed by atoms with van der Waals surface area (Å²) in [6, 6.07) is 0. The maximum atomic E-state index is 12.7. The van der Waals surface area contributed by atoms with Crippen LogP contribution in [0.25, 0.3) is 0 Å². The van der Waals surface area contributed by atoms with Gasteiger partial charge in [0.1, 0.15) is 6.29 Å². The van der Waals surface area contributed by atoms with Gasteiger partial charge < -0.3 is 4.79 Å². The molecule has 0 aromatic carbocycles. The fourth-order valence-electron chi connectivity index (χ4n) is 0.838. The summed E-state index contributed by atoms with van der Waals surface area (Å²) in [6.45, 7) is 0. The fraction of sp³-hybridized carbons (Fsp3) is 0.857. The third kappa shape index (κ3) is 2.61. The Morgan fingerprint density at radius 2 is 1.11 bits per heavy atom. The van der Waals surface area contributed by atoms with Crippen molar-refractivity contribution in [3.63, 3.8) is 0 Å². The summed E-state index contributed by atoms with van der Waals surface area (Å²) in [5.41, 5.74) is 0. The van der Waals surface area contributed by atoms with E-state index in [1.54, 1.807) is 0 Å². The zero-order valence-corrected chi connectivity index (χ0v) is 9.11. The van der Waals surface area contributed by atoms with Crippen molar-refractivity contribution in [3.8, 4) is 0 Å². The first kappa shape index (κ1) is 18.3. The predicted octanol–water partition coefficient (Wildman–Crippen LogP) is 3.95.